The van der Waals surface area contributed by atoms with E-state index in [4.69, 9.17) is 0 Å². The Labute approximate surface area is 183 Å². The monoisotopic (exact) mass is 418 g/mol. The minimum atomic E-state index is -2.22. The first-order chi connectivity index (χ1) is 15.2. The van der Waals surface area contributed by atoms with Crippen molar-refractivity contribution in [1.82, 2.24) is 20.4 Å². The van der Waals surface area contributed by atoms with Crippen LogP contribution in [0.25, 0.3) is 21.5 Å². The Morgan fingerprint density at radius 3 is 1.29 bits per heavy atom. The molecule has 0 spiro atoms. The molecular weight excluding hydrogens is 396 g/mol. The van der Waals surface area contributed by atoms with Gasteiger partial charge in [-0.3, -0.25) is 0 Å². The molecule has 150 valence electrons. The van der Waals surface area contributed by atoms with Crippen molar-refractivity contribution < 1.29 is 0 Å². The molecule has 2 aromatic heterocycles. The summed E-state index contributed by atoms with van der Waals surface area (Å²) in [5, 5.41) is 20.1. The Hall–Kier alpha value is -3.70. The molecule has 0 atom stereocenters. The summed E-state index contributed by atoms with van der Waals surface area (Å²) in [4.78, 5) is 0. The van der Waals surface area contributed by atoms with Gasteiger partial charge in [-0.05, 0) is 56.9 Å². The highest BCUT2D eigenvalue weighted by Gasteiger charge is 2.45. The zero-order chi connectivity index (χ0) is 21.3. The average molecular weight is 419 g/mol. The zero-order valence-electron chi connectivity index (χ0n) is 17.5. The summed E-state index contributed by atoms with van der Waals surface area (Å²) in [5.41, 5.74) is 6.69. The number of aromatic nitrogens is 4. The smallest absolute Gasteiger partial charge is 0.119 e. The van der Waals surface area contributed by atoms with Crippen LogP contribution < -0.4 is 0 Å². The van der Waals surface area contributed by atoms with Crippen LogP contribution in [0.15, 0.2) is 97.3 Å². The van der Waals surface area contributed by atoms with E-state index in [2.05, 4.69) is 106 Å². The van der Waals surface area contributed by atoms with Crippen LogP contribution in [-0.2, 0) is 0 Å². The zero-order valence-corrected chi connectivity index (χ0v) is 18.5. The fraction of sp³-hybridized carbons (Fsp3) is 0.0769. The van der Waals surface area contributed by atoms with Gasteiger partial charge in [-0.2, -0.15) is 20.4 Å². The lowest BCUT2D eigenvalue weighted by molar-refractivity contribution is 1.01. The van der Waals surface area contributed by atoms with E-state index >= 15 is 0 Å². The van der Waals surface area contributed by atoms with E-state index in [0.29, 0.717) is 0 Å². The van der Waals surface area contributed by atoms with Crippen molar-refractivity contribution in [2.45, 2.75) is 13.1 Å². The number of hydrogen-bond donors (Lipinski definition) is 0. The summed E-state index contributed by atoms with van der Waals surface area (Å²) >= 11 is 0. The minimum absolute atomic E-state index is 0.936. The first-order valence-corrected chi connectivity index (χ1v) is 13.3. The Balaban J connectivity index is 1.92. The molecule has 0 saturated heterocycles. The molecule has 4 nitrogen and oxygen atoms in total. The van der Waals surface area contributed by atoms with Gasteiger partial charge in [-0.25, -0.2) is 0 Å². The molecule has 0 aliphatic carbocycles. The number of benzene rings is 2. The van der Waals surface area contributed by atoms with Crippen molar-refractivity contribution in [2.24, 2.45) is 0 Å². The molecule has 0 amide bonds. The summed E-state index contributed by atoms with van der Waals surface area (Å²) in [7, 11) is -2.22. The fourth-order valence-corrected chi connectivity index (χ4v) is 8.14. The average Bonchev–Trinajstić information content (AvgIpc) is 3.08. The van der Waals surface area contributed by atoms with Gasteiger partial charge in [-0.1, -0.05) is 73.8 Å². The third-order valence-corrected chi connectivity index (χ3v) is 9.29. The van der Waals surface area contributed by atoms with Crippen LogP contribution in [0.5, 0.6) is 0 Å². The molecule has 0 bridgehead atoms. The van der Waals surface area contributed by atoms with Gasteiger partial charge in [0.1, 0.15) is 8.07 Å². The van der Waals surface area contributed by atoms with Gasteiger partial charge < -0.3 is 0 Å². The first kappa shape index (κ1) is 19.3. The normalized spacial score (nSPS) is 15.4. The molecule has 0 radical (unpaired) electrons. The molecule has 1 aliphatic heterocycles. The third-order valence-electron chi connectivity index (χ3n) is 5.78. The summed E-state index contributed by atoms with van der Waals surface area (Å²) in [6.45, 7) is 4.75. The van der Waals surface area contributed by atoms with E-state index < -0.39 is 8.07 Å². The summed E-state index contributed by atoms with van der Waals surface area (Å²) in [5.74, 6) is 0. The van der Waals surface area contributed by atoms with Crippen molar-refractivity contribution in [3.63, 3.8) is 0 Å². The van der Waals surface area contributed by atoms with E-state index in [1.807, 2.05) is 12.1 Å². The van der Waals surface area contributed by atoms with Crippen LogP contribution in [0, 0.1) is 0 Å². The van der Waals surface area contributed by atoms with E-state index in [1.54, 1.807) is 12.4 Å². The Bertz CT molecular complexity index is 1170. The second-order valence-electron chi connectivity index (χ2n) is 8.07. The molecule has 3 heterocycles. The fourth-order valence-electron chi connectivity index (χ4n) is 4.55. The highest BCUT2D eigenvalue weighted by Crippen LogP contribution is 2.54. The molecule has 0 N–H and O–H groups in total. The molecule has 0 unspecified atom stereocenters. The highest BCUT2D eigenvalue weighted by molar-refractivity contribution is 7.13. The summed E-state index contributed by atoms with van der Waals surface area (Å²) in [6, 6.07) is 29.3. The van der Waals surface area contributed by atoms with Crippen LogP contribution in [0.1, 0.15) is 22.5 Å². The first-order valence-electron chi connectivity index (χ1n) is 10.3. The highest BCUT2D eigenvalue weighted by atomic mass is 28.3. The van der Waals surface area contributed by atoms with Gasteiger partial charge in [0.25, 0.3) is 0 Å². The van der Waals surface area contributed by atoms with E-state index in [1.165, 1.54) is 32.7 Å². The SMILES string of the molecule is C[Si]1(C)C(c2cccnn2)=C(c2ccccc2)C(c2ccccc2)=C1c1cccnn1. The number of hydrogen-bond acceptors (Lipinski definition) is 4. The molecule has 4 aromatic rings. The van der Waals surface area contributed by atoms with Crippen LogP contribution in [0.3, 0.4) is 0 Å². The number of rotatable bonds is 4. The molecule has 5 heteroatoms. The molecule has 0 saturated carbocycles. The molecule has 1 aliphatic rings. The van der Waals surface area contributed by atoms with Gasteiger partial charge in [0.05, 0.1) is 11.4 Å². The minimum Gasteiger partial charge on any atom is -0.159 e. The molecular formula is C26H22N4Si. The predicted molar refractivity (Wildman–Crippen MR) is 128 cm³/mol. The van der Waals surface area contributed by atoms with Crippen molar-refractivity contribution in [1.29, 1.82) is 0 Å². The largest absolute Gasteiger partial charge is 0.159 e. The second-order valence-corrected chi connectivity index (χ2v) is 12.3. The van der Waals surface area contributed by atoms with Crippen LogP contribution in [-0.4, -0.2) is 28.5 Å². The lowest BCUT2D eigenvalue weighted by atomic mass is 9.90. The third kappa shape index (κ3) is 3.33. The molecule has 5 rings (SSSR count). The van der Waals surface area contributed by atoms with Crippen LogP contribution in [0.2, 0.25) is 13.1 Å². The Morgan fingerprint density at radius 1 is 0.516 bits per heavy atom. The maximum absolute atomic E-state index is 4.55. The van der Waals surface area contributed by atoms with Crippen LogP contribution >= 0.6 is 0 Å². The molecule has 31 heavy (non-hydrogen) atoms. The summed E-state index contributed by atoms with van der Waals surface area (Å²) in [6.07, 6.45) is 3.45. The standard InChI is InChI=1S/C26H22N4Si/c1-31(2)25(21-15-9-17-27-29-21)23(19-11-5-3-6-12-19)24(20-13-7-4-8-14-20)26(31)22-16-10-18-28-30-22/h3-18H,1-2H3. The second kappa shape index (κ2) is 7.85. The summed E-state index contributed by atoms with van der Waals surface area (Å²) < 4.78 is 0. The maximum Gasteiger partial charge on any atom is 0.119 e. The topological polar surface area (TPSA) is 51.6 Å². The van der Waals surface area contributed by atoms with Crippen molar-refractivity contribution in [3.8, 4) is 0 Å². The number of nitrogens with zero attached hydrogens (tertiary/aromatic N) is 4. The van der Waals surface area contributed by atoms with E-state index in [9.17, 15) is 0 Å². The van der Waals surface area contributed by atoms with Crippen molar-refractivity contribution in [2.75, 3.05) is 0 Å². The van der Waals surface area contributed by atoms with Crippen LogP contribution in [0.4, 0.5) is 0 Å². The van der Waals surface area contributed by atoms with E-state index in [-0.39, 0.29) is 0 Å². The van der Waals surface area contributed by atoms with Gasteiger partial charge in [-0.15, -0.1) is 0 Å². The van der Waals surface area contributed by atoms with E-state index in [0.717, 1.165) is 11.4 Å². The lowest BCUT2D eigenvalue weighted by Gasteiger charge is -2.24. The van der Waals surface area contributed by atoms with Gasteiger partial charge >= 0.3 is 0 Å². The molecule has 2 aromatic carbocycles. The lowest BCUT2D eigenvalue weighted by Crippen LogP contribution is -2.29. The number of allylic oxidation sites excluding steroid dienone is 2. The van der Waals surface area contributed by atoms with Gasteiger partial charge in [0.15, 0.2) is 0 Å². The molecule has 0 fully saturated rings. The Kier molecular flexibility index (Phi) is 4.88. The van der Waals surface area contributed by atoms with Gasteiger partial charge in [0.2, 0.25) is 0 Å². The van der Waals surface area contributed by atoms with Gasteiger partial charge in [0, 0.05) is 12.4 Å². The predicted octanol–water partition coefficient (Wildman–Crippen LogP) is 5.59. The van der Waals surface area contributed by atoms with Crippen molar-refractivity contribution >= 4 is 29.6 Å². The maximum atomic E-state index is 4.55. The Morgan fingerprint density at radius 2 is 0.935 bits per heavy atom. The van der Waals surface area contributed by atoms with Crippen molar-refractivity contribution in [3.05, 3.63) is 120 Å². The quantitative estimate of drug-likeness (QED) is 0.406.